The Bertz CT molecular complexity index is 485. The van der Waals surface area contributed by atoms with E-state index in [1.165, 1.54) is 12.8 Å². The van der Waals surface area contributed by atoms with Crippen molar-refractivity contribution in [2.45, 2.75) is 42.5 Å². The van der Waals surface area contributed by atoms with Gasteiger partial charge in [-0.3, -0.25) is 0 Å². The van der Waals surface area contributed by atoms with Crippen LogP contribution in [0.5, 0.6) is 0 Å². The zero-order valence-electron chi connectivity index (χ0n) is 12.7. The molecule has 0 unspecified atom stereocenters. The van der Waals surface area contributed by atoms with Crippen molar-refractivity contribution in [1.29, 1.82) is 0 Å². The molecule has 0 amide bonds. The summed E-state index contributed by atoms with van der Waals surface area (Å²) in [4.78, 5) is 15.5. The Labute approximate surface area is 121 Å². The molecular weight excluding hydrogens is 430 g/mol. The first-order valence-corrected chi connectivity index (χ1v) is 27.0. The van der Waals surface area contributed by atoms with Gasteiger partial charge in [0.15, 0.2) is 0 Å². The maximum absolute atomic E-state index is 2.59. The predicted molar refractivity (Wildman–Crippen MR) is 88.4 cm³/mol. The SMILES string of the molecule is [CH3][Sn]([CH3])([CH3])[C]1=[C]([Sn]([CH3])([CH3])[CH3])c2ccccc2CC1. The van der Waals surface area contributed by atoms with Crippen LogP contribution in [-0.2, 0) is 6.42 Å². The molecule has 0 heterocycles. The van der Waals surface area contributed by atoms with Gasteiger partial charge < -0.3 is 0 Å². The van der Waals surface area contributed by atoms with Crippen molar-refractivity contribution < 1.29 is 0 Å². The first kappa shape index (κ1) is 15.0. The van der Waals surface area contributed by atoms with Gasteiger partial charge in [0, 0.05) is 0 Å². The molecule has 0 saturated heterocycles. The molecule has 0 aliphatic heterocycles. The van der Waals surface area contributed by atoms with E-state index in [0.29, 0.717) is 0 Å². The quantitative estimate of drug-likeness (QED) is 0.542. The summed E-state index contributed by atoms with van der Waals surface area (Å²) in [5.41, 5.74) is 3.24. The molecule has 1 aliphatic rings. The van der Waals surface area contributed by atoms with Crippen LogP contribution in [0.4, 0.5) is 0 Å². The Balaban J connectivity index is 2.70. The normalized spacial score (nSPS) is 16.8. The molecule has 98 valence electrons. The fraction of sp³-hybridized carbons (Fsp3) is 0.500. The Morgan fingerprint density at radius 1 is 0.778 bits per heavy atom. The molecule has 0 saturated carbocycles. The molecule has 0 aromatic heterocycles. The van der Waals surface area contributed by atoms with E-state index in [-0.39, 0.29) is 0 Å². The van der Waals surface area contributed by atoms with Crippen LogP contribution in [0.25, 0.3) is 3.59 Å². The standard InChI is InChI=1S/C10H8.6CH3.2Sn/c1-2-6-10-8-4-3-7-9(10)5-1;;;;;;;;/h1-2,5-6H,3,7H2;6*1H3;;. The van der Waals surface area contributed by atoms with Crippen LogP contribution < -0.4 is 0 Å². The fourth-order valence-corrected chi connectivity index (χ4v) is 28.5. The third-order valence-electron chi connectivity index (χ3n) is 3.89. The van der Waals surface area contributed by atoms with Crippen molar-refractivity contribution in [2.75, 3.05) is 0 Å². The van der Waals surface area contributed by atoms with Gasteiger partial charge in [0.1, 0.15) is 0 Å². The monoisotopic (exact) mass is 458 g/mol. The Hall–Kier alpha value is 0.557. The van der Waals surface area contributed by atoms with Crippen molar-refractivity contribution in [1.82, 2.24) is 0 Å². The first-order valence-electron chi connectivity index (χ1n) is 7.03. The number of allylic oxidation sites excluding steroid dienone is 1. The molecule has 1 aromatic rings. The Kier molecular flexibility index (Phi) is 4.28. The van der Waals surface area contributed by atoms with Crippen molar-refractivity contribution in [3.63, 3.8) is 0 Å². The third-order valence-corrected chi connectivity index (χ3v) is 18.4. The summed E-state index contributed by atoms with van der Waals surface area (Å²) in [7, 11) is 0. The molecule has 1 aromatic carbocycles. The number of aryl methyl sites for hydroxylation is 1. The third kappa shape index (κ3) is 3.00. The second-order valence-electron chi connectivity index (χ2n) is 7.51. The zero-order chi connectivity index (χ0) is 13.6. The zero-order valence-corrected chi connectivity index (χ0v) is 18.4. The van der Waals surface area contributed by atoms with E-state index in [0.717, 1.165) is 0 Å². The van der Waals surface area contributed by atoms with Crippen LogP contribution in [0, 0.1) is 0 Å². The average Bonchev–Trinajstić information content (AvgIpc) is 2.24. The number of fused-ring (bicyclic) bond motifs is 1. The summed E-state index contributed by atoms with van der Waals surface area (Å²) in [6, 6.07) is 9.18. The molecule has 0 bridgehead atoms. The topological polar surface area (TPSA) is 0 Å². The molecule has 0 fully saturated rings. The van der Waals surface area contributed by atoms with Gasteiger partial charge in [-0.05, 0) is 0 Å². The summed E-state index contributed by atoms with van der Waals surface area (Å²) in [6.07, 6.45) is 2.64. The molecule has 1 aliphatic carbocycles. The van der Waals surface area contributed by atoms with E-state index >= 15 is 0 Å². The van der Waals surface area contributed by atoms with Crippen LogP contribution in [-0.4, -0.2) is 36.8 Å². The van der Waals surface area contributed by atoms with Gasteiger partial charge in [0.05, 0.1) is 0 Å². The first-order chi connectivity index (χ1) is 8.21. The number of rotatable bonds is 2. The second kappa shape index (κ2) is 5.15. The van der Waals surface area contributed by atoms with Crippen LogP contribution in [0.2, 0.25) is 29.6 Å². The van der Waals surface area contributed by atoms with Gasteiger partial charge in [0.25, 0.3) is 0 Å². The van der Waals surface area contributed by atoms with Crippen LogP contribution in [0.3, 0.4) is 0 Å². The van der Waals surface area contributed by atoms with Gasteiger partial charge >= 0.3 is 122 Å². The van der Waals surface area contributed by atoms with Crippen molar-refractivity contribution in [3.8, 4) is 0 Å². The van der Waals surface area contributed by atoms with E-state index < -0.39 is 36.8 Å². The Morgan fingerprint density at radius 2 is 1.39 bits per heavy atom. The van der Waals surface area contributed by atoms with Crippen molar-refractivity contribution in [2.24, 2.45) is 0 Å². The summed E-state index contributed by atoms with van der Waals surface area (Å²) >= 11 is -3.96. The fourth-order valence-electron chi connectivity index (χ4n) is 3.14. The minimum absolute atomic E-state index is 1.28. The van der Waals surface area contributed by atoms with Crippen molar-refractivity contribution >= 4 is 40.3 Å². The van der Waals surface area contributed by atoms with E-state index in [1.54, 1.807) is 11.1 Å². The van der Waals surface area contributed by atoms with Gasteiger partial charge in [-0.15, -0.1) is 0 Å². The van der Waals surface area contributed by atoms with E-state index in [1.807, 2.05) is 7.18 Å². The molecule has 2 heteroatoms. The molecule has 0 radical (unpaired) electrons. The molecule has 0 N–H and O–H groups in total. The summed E-state index contributed by atoms with van der Waals surface area (Å²) < 4.78 is 3.83. The summed E-state index contributed by atoms with van der Waals surface area (Å²) in [5.74, 6) is 0. The molecule has 0 spiro atoms. The molecule has 0 nitrogen and oxygen atoms in total. The van der Waals surface area contributed by atoms with Crippen molar-refractivity contribution in [3.05, 3.63) is 39.0 Å². The summed E-state index contributed by atoms with van der Waals surface area (Å²) in [6.45, 7) is 0. The number of hydrogen-bond acceptors (Lipinski definition) is 0. The summed E-state index contributed by atoms with van der Waals surface area (Å²) in [5, 5.41) is 0. The molecule has 2 rings (SSSR count). The number of benzene rings is 1. The Morgan fingerprint density at radius 3 is 1.94 bits per heavy atom. The molecule has 18 heavy (non-hydrogen) atoms. The molecule has 0 atom stereocenters. The number of hydrogen-bond donors (Lipinski definition) is 0. The van der Waals surface area contributed by atoms with Gasteiger partial charge in [-0.1, -0.05) is 0 Å². The van der Waals surface area contributed by atoms with E-state index in [4.69, 9.17) is 0 Å². The predicted octanol–water partition coefficient (Wildman–Crippen LogP) is 5.14. The van der Waals surface area contributed by atoms with Gasteiger partial charge in [-0.2, -0.15) is 0 Å². The van der Waals surface area contributed by atoms with Crippen LogP contribution in [0.15, 0.2) is 27.9 Å². The van der Waals surface area contributed by atoms with E-state index in [2.05, 4.69) is 53.9 Å². The second-order valence-corrected chi connectivity index (χ2v) is 36.3. The average molecular weight is 456 g/mol. The van der Waals surface area contributed by atoms with E-state index in [9.17, 15) is 0 Å². The van der Waals surface area contributed by atoms with Gasteiger partial charge in [-0.25, -0.2) is 0 Å². The van der Waals surface area contributed by atoms with Crippen LogP contribution in [0.1, 0.15) is 17.5 Å². The maximum atomic E-state index is 2.59. The molecular formula is C16H26Sn2. The van der Waals surface area contributed by atoms with Gasteiger partial charge in [0.2, 0.25) is 0 Å². The van der Waals surface area contributed by atoms with Crippen LogP contribution >= 0.6 is 0 Å². The minimum atomic E-state index is -2.03.